The van der Waals surface area contributed by atoms with Crippen LogP contribution in [0.1, 0.15) is 10.5 Å². The van der Waals surface area contributed by atoms with Gasteiger partial charge in [0, 0.05) is 17.5 Å². The lowest BCUT2D eigenvalue weighted by Gasteiger charge is -2.03. The first kappa shape index (κ1) is 12.7. The van der Waals surface area contributed by atoms with Gasteiger partial charge in [0.2, 0.25) is 0 Å². The molecule has 21 heavy (non-hydrogen) atoms. The van der Waals surface area contributed by atoms with Crippen molar-refractivity contribution in [3.05, 3.63) is 58.4 Å². The number of carbonyl (C=O) groups is 1. The van der Waals surface area contributed by atoms with Gasteiger partial charge in [-0.05, 0) is 18.2 Å². The molecular formula is C13H8N4O4. The topological polar surface area (TPSA) is 111 Å². The number of non-ortho nitro benzene ring substituents is 1. The first-order chi connectivity index (χ1) is 10.1. The average Bonchev–Trinajstić information content (AvgIpc) is 2.90. The van der Waals surface area contributed by atoms with Gasteiger partial charge >= 0.3 is 5.97 Å². The van der Waals surface area contributed by atoms with Crippen molar-refractivity contribution in [2.75, 3.05) is 0 Å². The van der Waals surface area contributed by atoms with E-state index in [0.29, 0.717) is 10.9 Å². The van der Waals surface area contributed by atoms with Gasteiger partial charge in [-0.2, -0.15) is 5.10 Å². The fraction of sp³-hybridized carbons (Fsp3) is 0. The number of nitro groups is 1. The SMILES string of the molecule is O=C(O)c1cccc(-n2ncc3ccc([N+](=O)[O-])cc32)n1. The van der Waals surface area contributed by atoms with Crippen LogP contribution in [0.2, 0.25) is 0 Å². The minimum atomic E-state index is -1.15. The lowest BCUT2D eigenvalue weighted by atomic mass is 10.2. The van der Waals surface area contributed by atoms with Crippen LogP contribution in [0, 0.1) is 10.1 Å². The Morgan fingerprint density at radius 1 is 1.29 bits per heavy atom. The smallest absolute Gasteiger partial charge is 0.354 e. The van der Waals surface area contributed by atoms with Crippen LogP contribution in [0.3, 0.4) is 0 Å². The summed E-state index contributed by atoms with van der Waals surface area (Å²) in [6.45, 7) is 0. The van der Waals surface area contributed by atoms with Crippen LogP contribution < -0.4 is 0 Å². The van der Waals surface area contributed by atoms with Gasteiger partial charge in [0.25, 0.3) is 5.69 Å². The molecule has 0 aliphatic carbocycles. The lowest BCUT2D eigenvalue weighted by Crippen LogP contribution is -2.05. The number of pyridine rings is 1. The summed E-state index contributed by atoms with van der Waals surface area (Å²) in [6, 6.07) is 8.82. The average molecular weight is 284 g/mol. The maximum absolute atomic E-state index is 10.9. The van der Waals surface area contributed by atoms with Crippen molar-refractivity contribution in [1.82, 2.24) is 14.8 Å². The van der Waals surface area contributed by atoms with Crippen molar-refractivity contribution >= 4 is 22.6 Å². The van der Waals surface area contributed by atoms with Crippen LogP contribution in [0.25, 0.3) is 16.7 Å². The molecule has 0 aliphatic heterocycles. The summed E-state index contributed by atoms with van der Waals surface area (Å²) in [6.07, 6.45) is 1.54. The zero-order valence-electron chi connectivity index (χ0n) is 10.5. The summed E-state index contributed by atoms with van der Waals surface area (Å²) >= 11 is 0. The Kier molecular flexibility index (Phi) is 2.83. The van der Waals surface area contributed by atoms with Crippen LogP contribution in [0.4, 0.5) is 5.69 Å². The maximum atomic E-state index is 10.9. The summed E-state index contributed by atoms with van der Waals surface area (Å²) < 4.78 is 1.37. The molecule has 0 atom stereocenters. The number of carboxylic acid groups (broad SMARTS) is 1. The molecular weight excluding hydrogens is 276 g/mol. The van der Waals surface area contributed by atoms with Crippen LogP contribution in [-0.4, -0.2) is 30.8 Å². The van der Waals surface area contributed by atoms with Gasteiger partial charge < -0.3 is 5.11 Å². The highest BCUT2D eigenvalue weighted by Gasteiger charge is 2.13. The van der Waals surface area contributed by atoms with Gasteiger partial charge in [0.15, 0.2) is 11.5 Å². The second-order valence-corrected chi connectivity index (χ2v) is 4.24. The van der Waals surface area contributed by atoms with Crippen LogP contribution in [0.15, 0.2) is 42.6 Å². The quantitative estimate of drug-likeness (QED) is 0.581. The van der Waals surface area contributed by atoms with Crippen LogP contribution in [0.5, 0.6) is 0 Å². The van der Waals surface area contributed by atoms with E-state index in [1.807, 2.05) is 0 Å². The molecule has 0 radical (unpaired) electrons. The van der Waals surface area contributed by atoms with Crippen molar-refractivity contribution in [3.63, 3.8) is 0 Å². The van der Waals surface area contributed by atoms with Gasteiger partial charge in [-0.15, -0.1) is 0 Å². The lowest BCUT2D eigenvalue weighted by molar-refractivity contribution is -0.384. The number of hydrogen-bond acceptors (Lipinski definition) is 5. The molecule has 0 spiro atoms. The van der Waals surface area contributed by atoms with Crippen molar-refractivity contribution in [2.45, 2.75) is 0 Å². The Bertz CT molecular complexity index is 871. The van der Waals surface area contributed by atoms with E-state index >= 15 is 0 Å². The Morgan fingerprint density at radius 3 is 2.81 bits per heavy atom. The zero-order valence-corrected chi connectivity index (χ0v) is 10.5. The van der Waals surface area contributed by atoms with E-state index in [4.69, 9.17) is 5.11 Å². The summed E-state index contributed by atoms with van der Waals surface area (Å²) in [7, 11) is 0. The van der Waals surface area contributed by atoms with Gasteiger partial charge in [0.1, 0.15) is 0 Å². The minimum absolute atomic E-state index is 0.0707. The minimum Gasteiger partial charge on any atom is -0.477 e. The molecule has 1 aromatic carbocycles. The molecule has 0 fully saturated rings. The highest BCUT2D eigenvalue weighted by atomic mass is 16.6. The van der Waals surface area contributed by atoms with E-state index in [-0.39, 0.29) is 17.2 Å². The molecule has 0 saturated heterocycles. The fourth-order valence-corrected chi connectivity index (χ4v) is 1.96. The molecule has 3 aromatic rings. The molecule has 0 saturated carbocycles. The number of benzene rings is 1. The predicted molar refractivity (Wildman–Crippen MR) is 72.5 cm³/mol. The second kappa shape index (κ2) is 4.67. The summed E-state index contributed by atoms with van der Waals surface area (Å²) in [5.74, 6) is -0.871. The van der Waals surface area contributed by atoms with Crippen molar-refractivity contribution < 1.29 is 14.8 Å². The number of nitro benzene ring substituents is 1. The van der Waals surface area contributed by atoms with Gasteiger partial charge in [0.05, 0.1) is 16.6 Å². The predicted octanol–water partition coefficient (Wildman–Crippen LogP) is 2.03. The highest BCUT2D eigenvalue weighted by molar-refractivity contribution is 5.86. The van der Waals surface area contributed by atoms with Gasteiger partial charge in [-0.3, -0.25) is 10.1 Å². The first-order valence-corrected chi connectivity index (χ1v) is 5.89. The van der Waals surface area contributed by atoms with Crippen molar-refractivity contribution in [1.29, 1.82) is 0 Å². The summed E-state index contributed by atoms with van der Waals surface area (Å²) in [4.78, 5) is 25.3. The molecule has 2 heterocycles. The number of fused-ring (bicyclic) bond motifs is 1. The molecule has 8 heteroatoms. The number of aromatic nitrogens is 3. The molecule has 104 valence electrons. The molecule has 0 unspecified atom stereocenters. The van der Waals surface area contributed by atoms with E-state index in [9.17, 15) is 14.9 Å². The number of rotatable bonds is 3. The van der Waals surface area contributed by atoms with Crippen LogP contribution in [-0.2, 0) is 0 Å². The Hall–Kier alpha value is -3.29. The van der Waals surface area contributed by atoms with E-state index in [1.54, 1.807) is 12.1 Å². The first-order valence-electron chi connectivity index (χ1n) is 5.89. The second-order valence-electron chi connectivity index (χ2n) is 4.24. The van der Waals surface area contributed by atoms with E-state index in [1.165, 1.54) is 35.1 Å². The van der Waals surface area contributed by atoms with Gasteiger partial charge in [-0.1, -0.05) is 6.07 Å². The zero-order chi connectivity index (χ0) is 15.0. The normalized spacial score (nSPS) is 10.7. The molecule has 1 N–H and O–H groups in total. The number of nitrogens with zero attached hydrogens (tertiary/aromatic N) is 4. The molecule has 0 amide bonds. The van der Waals surface area contributed by atoms with E-state index in [2.05, 4.69) is 10.1 Å². The third-order valence-electron chi connectivity index (χ3n) is 2.94. The number of carboxylic acids is 1. The van der Waals surface area contributed by atoms with Gasteiger partial charge in [-0.25, -0.2) is 14.5 Å². The molecule has 3 rings (SSSR count). The number of hydrogen-bond donors (Lipinski definition) is 1. The third-order valence-corrected chi connectivity index (χ3v) is 2.94. The highest BCUT2D eigenvalue weighted by Crippen LogP contribution is 2.22. The Morgan fingerprint density at radius 2 is 2.10 bits per heavy atom. The number of aromatic carboxylic acids is 1. The molecule has 0 bridgehead atoms. The Labute approximate surface area is 117 Å². The molecule has 8 nitrogen and oxygen atoms in total. The summed E-state index contributed by atoms with van der Waals surface area (Å²) in [5.41, 5.74) is 0.291. The molecule has 2 aromatic heterocycles. The van der Waals surface area contributed by atoms with Crippen molar-refractivity contribution in [3.8, 4) is 5.82 Å². The monoisotopic (exact) mass is 284 g/mol. The largest absolute Gasteiger partial charge is 0.477 e. The fourth-order valence-electron chi connectivity index (χ4n) is 1.96. The van der Waals surface area contributed by atoms with Crippen LogP contribution >= 0.6 is 0 Å². The summed E-state index contributed by atoms with van der Waals surface area (Å²) in [5, 5.41) is 24.6. The van der Waals surface area contributed by atoms with E-state index in [0.717, 1.165) is 0 Å². The maximum Gasteiger partial charge on any atom is 0.354 e. The Balaban J connectivity index is 2.20. The third kappa shape index (κ3) is 2.18. The standard InChI is InChI=1S/C13H8N4O4/c18-13(19)10-2-1-3-12(15-10)16-11-6-9(17(20)21)5-4-8(11)7-14-16/h1-7H,(H,18,19). The van der Waals surface area contributed by atoms with Crippen molar-refractivity contribution in [2.24, 2.45) is 0 Å². The van der Waals surface area contributed by atoms with E-state index < -0.39 is 10.9 Å². The molecule has 0 aliphatic rings.